The van der Waals surface area contributed by atoms with E-state index in [-0.39, 0.29) is 17.1 Å². The molecule has 0 bridgehead atoms. The van der Waals surface area contributed by atoms with E-state index in [9.17, 15) is 4.79 Å². The van der Waals surface area contributed by atoms with Gasteiger partial charge in [-0.3, -0.25) is 10.1 Å². The third-order valence-corrected chi connectivity index (χ3v) is 5.22. The van der Waals surface area contributed by atoms with Gasteiger partial charge in [0.05, 0.1) is 12.6 Å². The SMILES string of the molecule is CC[C@H](C)Oc1cccc(C(=O)NC(=S)NCc2ccc(-c3ccc(Br)cc3)o2)c1. The van der Waals surface area contributed by atoms with Gasteiger partial charge in [-0.15, -0.1) is 0 Å². The Balaban J connectivity index is 1.53. The van der Waals surface area contributed by atoms with Gasteiger partial charge in [-0.05, 0) is 68.0 Å². The number of furan rings is 1. The summed E-state index contributed by atoms with van der Waals surface area (Å²) in [4.78, 5) is 12.5. The Bertz CT molecular complexity index is 1020. The number of ether oxygens (including phenoxy) is 1. The molecule has 1 amide bonds. The molecule has 30 heavy (non-hydrogen) atoms. The first-order valence-corrected chi connectivity index (χ1v) is 10.8. The Kier molecular flexibility index (Phi) is 7.65. The number of thiocarbonyl (C=S) groups is 1. The van der Waals surface area contributed by atoms with Gasteiger partial charge in [-0.2, -0.15) is 0 Å². The van der Waals surface area contributed by atoms with Crippen molar-refractivity contribution in [1.82, 2.24) is 10.6 Å². The van der Waals surface area contributed by atoms with Gasteiger partial charge in [-0.1, -0.05) is 41.1 Å². The Labute approximate surface area is 189 Å². The normalized spacial score (nSPS) is 11.6. The highest BCUT2D eigenvalue weighted by Crippen LogP contribution is 2.24. The lowest BCUT2D eigenvalue weighted by Crippen LogP contribution is -2.38. The molecule has 1 heterocycles. The highest BCUT2D eigenvalue weighted by Gasteiger charge is 2.11. The number of halogens is 1. The van der Waals surface area contributed by atoms with Crippen molar-refractivity contribution in [2.45, 2.75) is 32.9 Å². The number of amides is 1. The molecule has 0 aliphatic rings. The van der Waals surface area contributed by atoms with Gasteiger partial charge in [0.1, 0.15) is 17.3 Å². The summed E-state index contributed by atoms with van der Waals surface area (Å²) < 4.78 is 12.6. The minimum atomic E-state index is -0.294. The van der Waals surface area contributed by atoms with Gasteiger partial charge in [0.25, 0.3) is 5.91 Å². The zero-order valence-electron chi connectivity index (χ0n) is 16.8. The molecule has 1 atom stereocenters. The molecule has 0 spiro atoms. The minimum absolute atomic E-state index is 0.0849. The van der Waals surface area contributed by atoms with Gasteiger partial charge in [0.2, 0.25) is 0 Å². The summed E-state index contributed by atoms with van der Waals surface area (Å²) in [5.74, 6) is 1.85. The third-order valence-electron chi connectivity index (χ3n) is 4.45. The number of hydrogen-bond acceptors (Lipinski definition) is 4. The van der Waals surface area contributed by atoms with Crippen LogP contribution in [-0.4, -0.2) is 17.1 Å². The third kappa shape index (κ3) is 6.18. The molecule has 2 N–H and O–H groups in total. The van der Waals surface area contributed by atoms with Crippen LogP contribution in [-0.2, 0) is 6.54 Å². The lowest BCUT2D eigenvalue weighted by atomic mass is 10.2. The highest BCUT2D eigenvalue weighted by atomic mass is 79.9. The molecule has 0 radical (unpaired) electrons. The predicted octanol–water partition coefficient (Wildman–Crippen LogP) is 5.69. The Morgan fingerprint density at radius 1 is 1.17 bits per heavy atom. The van der Waals surface area contributed by atoms with Gasteiger partial charge >= 0.3 is 0 Å². The summed E-state index contributed by atoms with van der Waals surface area (Å²) in [5.41, 5.74) is 1.47. The first-order chi connectivity index (χ1) is 14.4. The van der Waals surface area contributed by atoms with Crippen molar-refractivity contribution >= 4 is 39.2 Å². The first-order valence-electron chi connectivity index (χ1n) is 9.65. The van der Waals surface area contributed by atoms with Crippen LogP contribution in [0.15, 0.2) is 69.6 Å². The molecule has 0 saturated heterocycles. The van der Waals surface area contributed by atoms with Crippen LogP contribution in [0, 0.1) is 0 Å². The molecular formula is C23H23BrN2O3S. The molecule has 156 valence electrons. The smallest absolute Gasteiger partial charge is 0.257 e. The second-order valence-electron chi connectivity index (χ2n) is 6.77. The van der Waals surface area contributed by atoms with E-state index >= 15 is 0 Å². The Hall–Kier alpha value is -2.64. The van der Waals surface area contributed by atoms with E-state index in [1.165, 1.54) is 0 Å². The van der Waals surface area contributed by atoms with Crippen LogP contribution in [0.3, 0.4) is 0 Å². The summed E-state index contributed by atoms with van der Waals surface area (Å²) >= 11 is 8.67. The van der Waals surface area contributed by atoms with Crippen molar-refractivity contribution in [3.63, 3.8) is 0 Å². The minimum Gasteiger partial charge on any atom is -0.491 e. The highest BCUT2D eigenvalue weighted by molar-refractivity contribution is 9.10. The summed E-state index contributed by atoms with van der Waals surface area (Å²) in [6.07, 6.45) is 0.974. The van der Waals surface area contributed by atoms with Gasteiger partial charge < -0.3 is 14.5 Å². The molecule has 0 aliphatic carbocycles. The van der Waals surface area contributed by atoms with E-state index in [0.717, 1.165) is 22.2 Å². The van der Waals surface area contributed by atoms with Crippen molar-refractivity contribution in [2.75, 3.05) is 0 Å². The monoisotopic (exact) mass is 486 g/mol. The number of rotatable bonds is 7. The van der Waals surface area contributed by atoms with Gasteiger partial charge in [-0.25, -0.2) is 0 Å². The quantitative estimate of drug-likeness (QED) is 0.419. The van der Waals surface area contributed by atoms with Crippen LogP contribution in [0.5, 0.6) is 5.75 Å². The zero-order chi connectivity index (χ0) is 21.5. The molecule has 3 rings (SSSR count). The molecule has 0 aliphatic heterocycles. The number of carbonyl (C=O) groups is 1. The fraction of sp³-hybridized carbons (Fsp3) is 0.217. The van der Waals surface area contributed by atoms with Crippen LogP contribution in [0.25, 0.3) is 11.3 Å². The van der Waals surface area contributed by atoms with Crippen LogP contribution < -0.4 is 15.4 Å². The van der Waals surface area contributed by atoms with Gasteiger partial charge in [0.15, 0.2) is 5.11 Å². The van der Waals surface area contributed by atoms with E-state index in [1.54, 1.807) is 18.2 Å². The second-order valence-corrected chi connectivity index (χ2v) is 8.10. The standard InChI is InChI=1S/C23H23BrN2O3S/c1-3-15(2)28-19-6-4-5-17(13-19)22(27)26-23(30)25-14-20-11-12-21(29-20)16-7-9-18(24)10-8-16/h4-13,15H,3,14H2,1-2H3,(H2,25,26,27,30)/t15-/m0/s1. The number of benzene rings is 2. The lowest BCUT2D eigenvalue weighted by Gasteiger charge is -2.13. The average molecular weight is 487 g/mol. The fourth-order valence-corrected chi connectivity index (χ4v) is 3.08. The number of carbonyl (C=O) groups excluding carboxylic acids is 1. The molecule has 0 fully saturated rings. The van der Waals surface area contributed by atoms with E-state index in [1.807, 2.05) is 56.3 Å². The van der Waals surface area contributed by atoms with Crippen LogP contribution in [0.2, 0.25) is 0 Å². The van der Waals surface area contributed by atoms with E-state index in [2.05, 4.69) is 26.6 Å². The van der Waals surface area contributed by atoms with Crippen molar-refractivity contribution in [3.8, 4) is 17.1 Å². The lowest BCUT2D eigenvalue weighted by molar-refractivity contribution is 0.0975. The molecule has 0 saturated carbocycles. The first kappa shape index (κ1) is 22.1. The van der Waals surface area contributed by atoms with Crippen LogP contribution >= 0.6 is 28.1 Å². The largest absolute Gasteiger partial charge is 0.491 e. The van der Waals surface area contributed by atoms with E-state index < -0.39 is 0 Å². The molecule has 3 aromatic rings. The van der Waals surface area contributed by atoms with Crippen LogP contribution in [0.4, 0.5) is 0 Å². The second kappa shape index (κ2) is 10.4. The van der Waals surface area contributed by atoms with Crippen molar-refractivity contribution < 1.29 is 13.9 Å². The summed E-state index contributed by atoms with van der Waals surface area (Å²) in [6, 6.07) is 18.7. The summed E-state index contributed by atoms with van der Waals surface area (Å²) in [5, 5.41) is 5.91. The molecular weight excluding hydrogens is 464 g/mol. The maximum atomic E-state index is 12.5. The Morgan fingerprint density at radius 2 is 1.93 bits per heavy atom. The maximum Gasteiger partial charge on any atom is 0.257 e. The predicted molar refractivity (Wildman–Crippen MR) is 126 cm³/mol. The average Bonchev–Trinajstić information content (AvgIpc) is 3.22. The summed E-state index contributed by atoms with van der Waals surface area (Å²) in [6.45, 7) is 4.40. The Morgan fingerprint density at radius 3 is 2.67 bits per heavy atom. The molecule has 5 nitrogen and oxygen atoms in total. The van der Waals surface area contributed by atoms with Gasteiger partial charge in [0, 0.05) is 15.6 Å². The van der Waals surface area contributed by atoms with Crippen LogP contribution in [0.1, 0.15) is 36.4 Å². The molecule has 0 unspecified atom stereocenters. The number of hydrogen-bond donors (Lipinski definition) is 2. The van der Waals surface area contributed by atoms with E-state index in [0.29, 0.717) is 23.6 Å². The summed E-state index contributed by atoms with van der Waals surface area (Å²) in [7, 11) is 0. The van der Waals surface area contributed by atoms with E-state index in [4.69, 9.17) is 21.4 Å². The molecule has 1 aromatic heterocycles. The topological polar surface area (TPSA) is 63.5 Å². The van der Waals surface area contributed by atoms with Crippen molar-refractivity contribution in [3.05, 3.63) is 76.5 Å². The van der Waals surface area contributed by atoms with Crippen molar-refractivity contribution in [1.29, 1.82) is 0 Å². The number of nitrogens with one attached hydrogen (secondary N) is 2. The molecule has 7 heteroatoms. The zero-order valence-corrected chi connectivity index (χ0v) is 19.2. The van der Waals surface area contributed by atoms with Crippen molar-refractivity contribution in [2.24, 2.45) is 0 Å². The fourth-order valence-electron chi connectivity index (χ4n) is 2.66. The maximum absolute atomic E-state index is 12.5. The molecule has 2 aromatic carbocycles.